The normalized spacial score (nSPS) is 11.5. The molecule has 0 unspecified atom stereocenters. The first-order valence-corrected chi connectivity index (χ1v) is 7.25. The Morgan fingerprint density at radius 2 is 1.95 bits per heavy atom. The molecule has 2 aromatic rings. The second kappa shape index (κ2) is 6.14. The van der Waals surface area contributed by atoms with Crippen molar-refractivity contribution in [2.45, 2.75) is 17.9 Å². The molecule has 20 heavy (non-hydrogen) atoms. The minimum Gasteiger partial charge on any atom is -0.426 e. The maximum absolute atomic E-state index is 11.9. The number of benzene rings is 1. The predicted molar refractivity (Wildman–Crippen MR) is 70.7 cm³/mol. The molecule has 0 atom stereocenters. The smallest absolute Gasteiger partial charge is 0.426 e. The second-order valence-electron chi connectivity index (χ2n) is 4.05. The molecule has 0 aliphatic rings. The Balaban J connectivity index is 2.00. The molecule has 0 saturated heterocycles. The molecule has 0 bridgehead atoms. The third-order valence-corrected chi connectivity index (χ3v) is 3.85. The van der Waals surface area contributed by atoms with Gasteiger partial charge in [-0.3, -0.25) is 4.68 Å². The molecule has 10 heteroatoms. The summed E-state index contributed by atoms with van der Waals surface area (Å²) < 4.78 is 27.5. The Bertz CT molecular complexity index is 659. The van der Waals surface area contributed by atoms with Crippen molar-refractivity contribution >= 4 is 17.1 Å². The van der Waals surface area contributed by atoms with Crippen LogP contribution in [0.15, 0.2) is 41.4 Å². The molecule has 2 rings (SSSR count). The Morgan fingerprint density at radius 3 is 2.60 bits per heavy atom. The number of aromatic nitrogens is 3. The molecule has 0 amide bonds. The van der Waals surface area contributed by atoms with Gasteiger partial charge in [0.15, 0.2) is 0 Å². The minimum atomic E-state index is -3.60. The summed E-state index contributed by atoms with van der Waals surface area (Å²) in [7, 11) is -5.13. The molecular formula is C10H13BN4O4S. The summed E-state index contributed by atoms with van der Waals surface area (Å²) in [5.41, 5.74) is 0.380. The van der Waals surface area contributed by atoms with Crippen LogP contribution in [0.3, 0.4) is 0 Å². The van der Waals surface area contributed by atoms with Crippen molar-refractivity contribution in [1.82, 2.24) is 19.7 Å². The molecule has 0 aliphatic carbocycles. The van der Waals surface area contributed by atoms with E-state index in [0.717, 1.165) is 0 Å². The van der Waals surface area contributed by atoms with Gasteiger partial charge in [-0.2, -0.15) is 0 Å². The van der Waals surface area contributed by atoms with Crippen molar-refractivity contribution in [3.63, 3.8) is 0 Å². The van der Waals surface area contributed by atoms with Crippen LogP contribution in [0.5, 0.6) is 0 Å². The number of sulfonamides is 1. The van der Waals surface area contributed by atoms with E-state index >= 15 is 0 Å². The third kappa shape index (κ3) is 3.87. The van der Waals surface area contributed by atoms with Crippen LogP contribution in [0.4, 0.5) is 0 Å². The Labute approximate surface area is 116 Å². The lowest BCUT2D eigenvalue weighted by Crippen LogP contribution is -2.23. The van der Waals surface area contributed by atoms with E-state index in [9.17, 15) is 8.42 Å². The van der Waals surface area contributed by atoms with E-state index in [0.29, 0.717) is 5.69 Å². The molecule has 0 saturated carbocycles. The third-order valence-electron chi connectivity index (χ3n) is 2.43. The molecule has 0 radical (unpaired) electrons. The highest BCUT2D eigenvalue weighted by molar-refractivity contribution is 7.89. The van der Waals surface area contributed by atoms with Crippen LogP contribution < -0.4 is 4.72 Å². The SMILES string of the molecule is O=S(=O)(NCc1cn(CB(O)O)nn1)c1ccccc1. The van der Waals surface area contributed by atoms with E-state index in [1.54, 1.807) is 18.2 Å². The topological polar surface area (TPSA) is 117 Å². The molecule has 1 aromatic heterocycles. The molecule has 3 N–H and O–H groups in total. The van der Waals surface area contributed by atoms with Crippen LogP contribution >= 0.6 is 0 Å². The van der Waals surface area contributed by atoms with Crippen molar-refractivity contribution in [3.05, 3.63) is 42.2 Å². The van der Waals surface area contributed by atoms with Crippen molar-refractivity contribution < 1.29 is 18.5 Å². The number of rotatable bonds is 6. The average molecular weight is 296 g/mol. The highest BCUT2D eigenvalue weighted by Gasteiger charge is 2.14. The lowest BCUT2D eigenvalue weighted by atomic mass is 9.93. The molecule has 0 spiro atoms. The Hall–Kier alpha value is -1.75. The first-order chi connectivity index (χ1) is 9.47. The zero-order chi connectivity index (χ0) is 14.6. The maximum Gasteiger partial charge on any atom is 0.474 e. The Kier molecular flexibility index (Phi) is 4.50. The van der Waals surface area contributed by atoms with E-state index in [1.807, 2.05) is 0 Å². The number of nitrogens with zero attached hydrogens (tertiary/aromatic N) is 3. The van der Waals surface area contributed by atoms with Crippen LogP contribution in [0.2, 0.25) is 0 Å². The lowest BCUT2D eigenvalue weighted by molar-refractivity contribution is 0.386. The first kappa shape index (κ1) is 14.7. The van der Waals surface area contributed by atoms with E-state index in [1.165, 1.54) is 23.0 Å². The van der Waals surface area contributed by atoms with Gasteiger partial charge in [-0.05, 0) is 12.1 Å². The molecular weight excluding hydrogens is 283 g/mol. The zero-order valence-corrected chi connectivity index (χ0v) is 11.2. The quantitative estimate of drug-likeness (QED) is 0.574. The fourth-order valence-corrected chi connectivity index (χ4v) is 2.55. The van der Waals surface area contributed by atoms with Crippen LogP contribution in [0.1, 0.15) is 5.69 Å². The summed E-state index contributed by atoms with van der Waals surface area (Å²) >= 11 is 0. The van der Waals surface area contributed by atoms with E-state index in [4.69, 9.17) is 10.0 Å². The average Bonchev–Trinajstić information content (AvgIpc) is 2.84. The number of nitrogens with one attached hydrogen (secondary N) is 1. The Morgan fingerprint density at radius 1 is 1.25 bits per heavy atom. The van der Waals surface area contributed by atoms with Gasteiger partial charge in [-0.1, -0.05) is 23.4 Å². The highest BCUT2D eigenvalue weighted by Crippen LogP contribution is 2.07. The van der Waals surface area contributed by atoms with Crippen molar-refractivity contribution in [2.75, 3.05) is 0 Å². The van der Waals surface area contributed by atoms with Gasteiger partial charge in [-0.25, -0.2) is 13.1 Å². The van der Waals surface area contributed by atoms with Crippen LogP contribution in [-0.4, -0.2) is 40.6 Å². The van der Waals surface area contributed by atoms with Crippen LogP contribution in [-0.2, 0) is 23.0 Å². The summed E-state index contributed by atoms with van der Waals surface area (Å²) in [6.07, 6.45) is 1.31. The van der Waals surface area contributed by atoms with Gasteiger partial charge in [-0.15, -0.1) is 5.10 Å². The van der Waals surface area contributed by atoms with Gasteiger partial charge in [0.25, 0.3) is 0 Å². The van der Waals surface area contributed by atoms with Gasteiger partial charge < -0.3 is 10.0 Å². The van der Waals surface area contributed by atoms with Gasteiger partial charge in [0, 0.05) is 6.20 Å². The summed E-state index contributed by atoms with van der Waals surface area (Å²) in [5.74, 6) is 0. The summed E-state index contributed by atoms with van der Waals surface area (Å²) in [6.45, 7) is -0.0290. The van der Waals surface area contributed by atoms with E-state index < -0.39 is 17.1 Å². The van der Waals surface area contributed by atoms with Crippen molar-refractivity contribution in [1.29, 1.82) is 0 Å². The minimum absolute atomic E-state index is 0.0290. The number of hydrogen-bond acceptors (Lipinski definition) is 6. The zero-order valence-electron chi connectivity index (χ0n) is 10.4. The molecule has 0 aliphatic heterocycles. The fraction of sp³-hybridized carbons (Fsp3) is 0.200. The maximum atomic E-state index is 11.9. The first-order valence-electron chi connectivity index (χ1n) is 5.77. The fourth-order valence-electron chi connectivity index (χ4n) is 1.53. The van der Waals surface area contributed by atoms with Crippen molar-refractivity contribution in [3.8, 4) is 0 Å². The molecule has 1 aromatic carbocycles. The summed E-state index contributed by atoms with van der Waals surface area (Å²) in [6, 6.07) is 7.97. The molecule has 0 fully saturated rings. The lowest BCUT2D eigenvalue weighted by Gasteiger charge is -2.04. The van der Waals surface area contributed by atoms with Crippen LogP contribution in [0.25, 0.3) is 0 Å². The molecule has 8 nitrogen and oxygen atoms in total. The number of hydrogen-bond donors (Lipinski definition) is 3. The van der Waals surface area contributed by atoms with Gasteiger partial charge >= 0.3 is 7.12 Å². The molecule has 106 valence electrons. The van der Waals surface area contributed by atoms with Crippen LogP contribution in [0, 0.1) is 0 Å². The summed E-state index contributed by atoms with van der Waals surface area (Å²) in [5, 5.41) is 24.9. The van der Waals surface area contributed by atoms with E-state index in [-0.39, 0.29) is 17.9 Å². The second-order valence-corrected chi connectivity index (χ2v) is 5.82. The van der Waals surface area contributed by atoms with Gasteiger partial charge in [0.2, 0.25) is 10.0 Å². The van der Waals surface area contributed by atoms with E-state index in [2.05, 4.69) is 15.0 Å². The largest absolute Gasteiger partial charge is 0.474 e. The standard InChI is InChI=1S/C10H13BN4O4S/c16-11(17)8-15-7-9(13-14-15)6-12-20(18,19)10-4-2-1-3-5-10/h1-5,7,12,16-17H,6,8H2. The van der Waals surface area contributed by atoms with Gasteiger partial charge in [0.1, 0.15) is 0 Å². The molecule has 1 heterocycles. The highest BCUT2D eigenvalue weighted by atomic mass is 32.2. The summed E-state index contributed by atoms with van der Waals surface area (Å²) in [4.78, 5) is 0.165. The van der Waals surface area contributed by atoms with Gasteiger partial charge in [0.05, 0.1) is 23.6 Å². The predicted octanol–water partition coefficient (Wildman–Crippen LogP) is -1.23. The monoisotopic (exact) mass is 296 g/mol. The van der Waals surface area contributed by atoms with Crippen molar-refractivity contribution in [2.24, 2.45) is 0 Å².